The molecule has 2 heterocycles. The molecule has 2 rings (SSSR count). The SMILES string of the molecule is Cc1cc(-c2cccc(F)n2)c(S(N)(=O)=O)s1. The molecule has 0 amide bonds. The van der Waals surface area contributed by atoms with E-state index in [-0.39, 0.29) is 9.90 Å². The molecule has 90 valence electrons. The van der Waals surface area contributed by atoms with Crippen LogP contribution in [0.4, 0.5) is 4.39 Å². The molecule has 0 aliphatic rings. The second kappa shape index (κ2) is 4.17. The Hall–Kier alpha value is -1.31. The normalized spacial score (nSPS) is 11.7. The van der Waals surface area contributed by atoms with Crippen LogP contribution in [-0.4, -0.2) is 13.4 Å². The number of aromatic nitrogens is 1. The van der Waals surface area contributed by atoms with E-state index in [0.29, 0.717) is 5.56 Å². The van der Waals surface area contributed by atoms with Crippen LogP contribution in [0.1, 0.15) is 4.88 Å². The summed E-state index contributed by atoms with van der Waals surface area (Å²) < 4.78 is 35.8. The van der Waals surface area contributed by atoms with Gasteiger partial charge in [-0.05, 0) is 25.1 Å². The summed E-state index contributed by atoms with van der Waals surface area (Å²) in [5.41, 5.74) is 0.605. The maximum atomic E-state index is 13.0. The molecule has 2 aromatic rings. The molecule has 0 atom stereocenters. The minimum Gasteiger partial charge on any atom is -0.224 e. The Morgan fingerprint density at radius 2 is 2.12 bits per heavy atom. The number of halogens is 1. The highest BCUT2D eigenvalue weighted by molar-refractivity contribution is 7.91. The summed E-state index contributed by atoms with van der Waals surface area (Å²) in [7, 11) is -3.82. The molecular weight excluding hydrogens is 263 g/mol. The van der Waals surface area contributed by atoms with Crippen LogP contribution in [0.5, 0.6) is 0 Å². The summed E-state index contributed by atoms with van der Waals surface area (Å²) in [6.07, 6.45) is 0. The lowest BCUT2D eigenvalue weighted by Crippen LogP contribution is -2.11. The van der Waals surface area contributed by atoms with Crippen molar-refractivity contribution >= 4 is 21.4 Å². The van der Waals surface area contributed by atoms with Crippen LogP contribution in [0, 0.1) is 12.9 Å². The van der Waals surface area contributed by atoms with E-state index in [0.717, 1.165) is 16.2 Å². The number of hydrogen-bond acceptors (Lipinski definition) is 4. The van der Waals surface area contributed by atoms with E-state index < -0.39 is 16.0 Å². The van der Waals surface area contributed by atoms with Gasteiger partial charge in [-0.3, -0.25) is 0 Å². The van der Waals surface area contributed by atoms with Gasteiger partial charge in [-0.1, -0.05) is 6.07 Å². The van der Waals surface area contributed by atoms with Crippen LogP contribution in [0.3, 0.4) is 0 Å². The predicted molar refractivity (Wildman–Crippen MR) is 63.6 cm³/mol. The number of rotatable bonds is 2. The van der Waals surface area contributed by atoms with Crippen molar-refractivity contribution in [1.29, 1.82) is 0 Å². The molecule has 0 saturated carbocycles. The van der Waals surface area contributed by atoms with Crippen molar-refractivity contribution in [1.82, 2.24) is 4.98 Å². The number of nitrogens with two attached hydrogens (primary N) is 1. The maximum Gasteiger partial charge on any atom is 0.248 e. The van der Waals surface area contributed by atoms with E-state index in [9.17, 15) is 12.8 Å². The first-order chi connectivity index (χ1) is 7.88. The van der Waals surface area contributed by atoms with Gasteiger partial charge in [-0.2, -0.15) is 4.39 Å². The van der Waals surface area contributed by atoms with Crippen LogP contribution in [0.2, 0.25) is 0 Å². The summed E-state index contributed by atoms with van der Waals surface area (Å²) >= 11 is 1.05. The van der Waals surface area contributed by atoms with Gasteiger partial charge in [0.15, 0.2) is 0 Å². The minimum absolute atomic E-state index is 0.00750. The highest BCUT2D eigenvalue weighted by Gasteiger charge is 2.19. The van der Waals surface area contributed by atoms with Gasteiger partial charge in [0.1, 0.15) is 4.21 Å². The first-order valence-corrected chi connectivity index (χ1v) is 7.00. The highest BCUT2D eigenvalue weighted by atomic mass is 32.2. The molecule has 0 aliphatic carbocycles. The van der Waals surface area contributed by atoms with E-state index in [1.54, 1.807) is 19.1 Å². The standard InChI is InChI=1S/C10H9FN2O2S2/c1-6-5-7(10(16-6)17(12,14)15)8-3-2-4-9(11)13-8/h2-5H,1H3,(H2,12,14,15). The third kappa shape index (κ3) is 2.51. The summed E-state index contributed by atoms with van der Waals surface area (Å²) in [6, 6.07) is 5.84. The molecule has 0 aromatic carbocycles. The van der Waals surface area contributed by atoms with Gasteiger partial charge in [-0.15, -0.1) is 11.3 Å². The Morgan fingerprint density at radius 1 is 1.41 bits per heavy atom. The van der Waals surface area contributed by atoms with Crippen LogP contribution in [-0.2, 0) is 10.0 Å². The fraction of sp³-hybridized carbons (Fsp3) is 0.100. The predicted octanol–water partition coefficient (Wildman–Crippen LogP) is 1.91. The van der Waals surface area contributed by atoms with Gasteiger partial charge >= 0.3 is 0 Å². The van der Waals surface area contributed by atoms with E-state index in [2.05, 4.69) is 4.98 Å². The molecule has 2 aromatic heterocycles. The van der Waals surface area contributed by atoms with Gasteiger partial charge in [0, 0.05) is 10.4 Å². The molecule has 0 aliphatic heterocycles. The van der Waals surface area contributed by atoms with Crippen LogP contribution in [0.25, 0.3) is 11.3 Å². The topological polar surface area (TPSA) is 73.0 Å². The number of pyridine rings is 1. The Balaban J connectivity index is 2.68. The fourth-order valence-electron chi connectivity index (χ4n) is 1.44. The van der Waals surface area contributed by atoms with E-state index in [4.69, 9.17) is 5.14 Å². The Bertz CT molecular complexity index is 665. The first kappa shape index (κ1) is 12.2. The third-order valence-electron chi connectivity index (χ3n) is 2.07. The summed E-state index contributed by atoms with van der Waals surface area (Å²) in [6.45, 7) is 1.75. The lowest BCUT2D eigenvalue weighted by atomic mass is 10.2. The molecule has 7 heteroatoms. The molecule has 0 spiro atoms. The monoisotopic (exact) mass is 272 g/mol. The molecule has 2 N–H and O–H groups in total. The molecule has 0 radical (unpaired) electrons. The van der Waals surface area contributed by atoms with Crippen molar-refractivity contribution in [2.75, 3.05) is 0 Å². The average molecular weight is 272 g/mol. The van der Waals surface area contributed by atoms with E-state index >= 15 is 0 Å². The number of nitrogens with zero attached hydrogens (tertiary/aromatic N) is 1. The molecule has 17 heavy (non-hydrogen) atoms. The Kier molecular flexibility index (Phi) is 2.98. The minimum atomic E-state index is -3.82. The van der Waals surface area contributed by atoms with Crippen molar-refractivity contribution in [3.8, 4) is 11.3 Å². The number of thiophene rings is 1. The first-order valence-electron chi connectivity index (χ1n) is 4.64. The molecule has 0 bridgehead atoms. The van der Waals surface area contributed by atoms with Crippen molar-refractivity contribution in [3.63, 3.8) is 0 Å². The van der Waals surface area contributed by atoms with Gasteiger partial charge in [0.05, 0.1) is 5.69 Å². The zero-order chi connectivity index (χ0) is 12.6. The van der Waals surface area contributed by atoms with Gasteiger partial charge in [0.25, 0.3) is 0 Å². The third-order valence-corrected chi connectivity index (χ3v) is 4.60. The molecule has 0 saturated heterocycles. The van der Waals surface area contributed by atoms with Crippen molar-refractivity contribution in [2.45, 2.75) is 11.1 Å². The quantitative estimate of drug-likeness (QED) is 0.849. The Labute approximate surface area is 102 Å². The van der Waals surface area contributed by atoms with Gasteiger partial charge in [-0.25, -0.2) is 18.5 Å². The smallest absolute Gasteiger partial charge is 0.224 e. The lowest BCUT2D eigenvalue weighted by molar-refractivity contribution is 0.584. The number of primary sulfonamides is 1. The van der Waals surface area contributed by atoms with E-state index in [1.165, 1.54) is 12.1 Å². The summed E-state index contributed by atoms with van der Waals surface area (Å²) in [5.74, 6) is -0.660. The van der Waals surface area contributed by atoms with E-state index in [1.807, 2.05) is 0 Å². The lowest BCUT2D eigenvalue weighted by Gasteiger charge is -2.00. The number of sulfonamides is 1. The van der Waals surface area contributed by atoms with Crippen molar-refractivity contribution < 1.29 is 12.8 Å². The number of hydrogen-bond donors (Lipinski definition) is 1. The van der Waals surface area contributed by atoms with Crippen LogP contribution < -0.4 is 5.14 Å². The molecule has 0 unspecified atom stereocenters. The fourth-order valence-corrected chi connectivity index (χ4v) is 3.51. The van der Waals surface area contributed by atoms with Crippen LogP contribution in [0.15, 0.2) is 28.5 Å². The second-order valence-corrected chi connectivity index (χ2v) is 6.46. The molecule has 0 fully saturated rings. The number of aryl methyl sites for hydroxylation is 1. The molecular formula is C10H9FN2O2S2. The zero-order valence-electron chi connectivity index (χ0n) is 8.84. The summed E-state index contributed by atoms with van der Waals surface area (Å²) in [5, 5.41) is 5.11. The highest BCUT2D eigenvalue weighted by Crippen LogP contribution is 2.33. The van der Waals surface area contributed by atoms with Crippen LogP contribution >= 0.6 is 11.3 Å². The Morgan fingerprint density at radius 3 is 2.71 bits per heavy atom. The second-order valence-electron chi connectivity index (χ2n) is 3.45. The molecule has 4 nitrogen and oxygen atoms in total. The summed E-state index contributed by atoms with van der Waals surface area (Å²) in [4.78, 5) is 4.42. The largest absolute Gasteiger partial charge is 0.248 e. The van der Waals surface area contributed by atoms with Gasteiger partial charge in [0.2, 0.25) is 16.0 Å². The average Bonchev–Trinajstić information content (AvgIpc) is 2.60. The van der Waals surface area contributed by atoms with Crippen molar-refractivity contribution in [2.24, 2.45) is 5.14 Å². The van der Waals surface area contributed by atoms with Crippen molar-refractivity contribution in [3.05, 3.63) is 35.1 Å². The zero-order valence-corrected chi connectivity index (χ0v) is 10.5. The van der Waals surface area contributed by atoms with Gasteiger partial charge < -0.3 is 0 Å². The maximum absolute atomic E-state index is 13.0.